The minimum absolute atomic E-state index is 0.972. The van der Waals surface area contributed by atoms with Crippen LogP contribution in [0.3, 0.4) is 0 Å². The van der Waals surface area contributed by atoms with Gasteiger partial charge in [0.1, 0.15) is 0 Å². The molecule has 1 aromatic carbocycles. The van der Waals surface area contributed by atoms with E-state index in [-0.39, 0.29) is 0 Å². The van der Waals surface area contributed by atoms with Crippen LogP contribution < -0.4 is 0 Å². The fourth-order valence-electron chi connectivity index (χ4n) is 2.11. The maximum Gasteiger partial charge on any atom is 0.0431 e. The molecule has 1 aromatic rings. The molecule has 0 aromatic heterocycles. The van der Waals surface area contributed by atoms with Crippen LogP contribution in [0.4, 0.5) is 0 Å². The van der Waals surface area contributed by atoms with Gasteiger partial charge in [0, 0.05) is 36.2 Å². The van der Waals surface area contributed by atoms with Gasteiger partial charge in [-0.1, -0.05) is 29.8 Å². The van der Waals surface area contributed by atoms with Crippen molar-refractivity contribution in [3.63, 3.8) is 0 Å². The molecule has 0 radical (unpaired) electrons. The van der Waals surface area contributed by atoms with Crippen molar-refractivity contribution in [1.82, 2.24) is 0 Å². The second-order valence-electron chi connectivity index (χ2n) is 5.41. The zero-order valence-electron chi connectivity index (χ0n) is 12.6. The number of hydrogen-bond donors (Lipinski definition) is 0. The van der Waals surface area contributed by atoms with Gasteiger partial charge in [0.25, 0.3) is 0 Å². The van der Waals surface area contributed by atoms with Crippen molar-refractivity contribution in [1.29, 1.82) is 0 Å². The highest BCUT2D eigenvalue weighted by Gasteiger charge is 2.07. The van der Waals surface area contributed by atoms with Crippen LogP contribution in [0.2, 0.25) is 0 Å². The zero-order chi connectivity index (χ0) is 14.5. The average Bonchev–Trinajstić information content (AvgIpc) is 3.00. The molecule has 0 saturated heterocycles. The summed E-state index contributed by atoms with van der Waals surface area (Å²) >= 11 is 0. The number of aryl methyl sites for hydroxylation is 1. The van der Waals surface area contributed by atoms with Crippen LogP contribution in [0.1, 0.15) is 44.7 Å². The molecule has 0 amide bonds. The molecule has 0 fully saturated rings. The van der Waals surface area contributed by atoms with E-state index in [2.05, 4.69) is 53.3 Å². The second kappa shape index (κ2) is 6.42. The molecule has 0 saturated carbocycles. The number of nitrogens with zero attached hydrogens (tertiary/aromatic N) is 3. The highest BCUT2D eigenvalue weighted by Crippen LogP contribution is 2.23. The lowest BCUT2D eigenvalue weighted by Crippen LogP contribution is -1.90. The lowest BCUT2D eigenvalue weighted by atomic mass is 10.0. The molecule has 0 aliphatic carbocycles. The van der Waals surface area contributed by atoms with Gasteiger partial charge >= 0.3 is 0 Å². The first-order chi connectivity index (χ1) is 9.54. The van der Waals surface area contributed by atoms with E-state index < -0.39 is 0 Å². The molecule has 104 valence electrons. The Balaban J connectivity index is 0.000000178. The van der Waals surface area contributed by atoms with Crippen LogP contribution >= 0.6 is 0 Å². The van der Waals surface area contributed by atoms with E-state index >= 15 is 0 Å². The molecule has 20 heavy (non-hydrogen) atoms. The van der Waals surface area contributed by atoms with Gasteiger partial charge in [-0.05, 0) is 38.8 Å². The van der Waals surface area contributed by atoms with E-state index in [0.29, 0.717) is 0 Å². The Morgan fingerprint density at radius 3 is 1.75 bits per heavy atom. The van der Waals surface area contributed by atoms with E-state index in [0.717, 1.165) is 24.3 Å². The number of aliphatic imine (C=N–C) groups is 1. The highest BCUT2D eigenvalue weighted by molar-refractivity contribution is 6.05. The molecule has 0 atom stereocenters. The summed E-state index contributed by atoms with van der Waals surface area (Å²) < 4.78 is 0. The first-order valence-corrected chi connectivity index (χ1v) is 6.90. The van der Waals surface area contributed by atoms with Gasteiger partial charge in [-0.25, -0.2) is 0 Å². The van der Waals surface area contributed by atoms with Crippen molar-refractivity contribution in [3.05, 3.63) is 41.6 Å². The lowest BCUT2D eigenvalue weighted by molar-refractivity contribution is 1.26. The predicted octanol–water partition coefficient (Wildman–Crippen LogP) is 4.43. The van der Waals surface area contributed by atoms with Crippen LogP contribution in [0, 0.1) is 6.92 Å². The third kappa shape index (κ3) is 3.98. The number of rotatable bonds is 1. The number of hydrogen-bond acceptors (Lipinski definition) is 3. The van der Waals surface area contributed by atoms with E-state index in [1.165, 1.54) is 22.4 Å². The SMILES string of the molecule is CC1=NC=C(c2ccc(C)cc2)C1.CC1=NN=C(C)C1. The fourth-order valence-corrected chi connectivity index (χ4v) is 2.11. The van der Waals surface area contributed by atoms with Gasteiger partial charge < -0.3 is 0 Å². The topological polar surface area (TPSA) is 37.1 Å². The molecule has 3 heteroatoms. The molecule has 2 heterocycles. The summed E-state index contributed by atoms with van der Waals surface area (Å²) in [6.45, 7) is 8.15. The van der Waals surface area contributed by atoms with E-state index in [9.17, 15) is 0 Å². The second-order valence-corrected chi connectivity index (χ2v) is 5.41. The van der Waals surface area contributed by atoms with Crippen LogP contribution in [0.5, 0.6) is 0 Å². The normalized spacial score (nSPS) is 16.8. The van der Waals surface area contributed by atoms with Crippen molar-refractivity contribution in [2.45, 2.75) is 40.5 Å². The lowest BCUT2D eigenvalue weighted by Gasteiger charge is -2.01. The molecule has 0 N–H and O–H groups in total. The Labute approximate surface area is 120 Å². The largest absolute Gasteiger partial charge is 0.265 e. The maximum absolute atomic E-state index is 4.27. The van der Waals surface area contributed by atoms with E-state index in [1.807, 2.05) is 20.0 Å². The van der Waals surface area contributed by atoms with Gasteiger partial charge in [-0.3, -0.25) is 4.99 Å². The van der Waals surface area contributed by atoms with Gasteiger partial charge in [-0.15, -0.1) is 0 Å². The van der Waals surface area contributed by atoms with E-state index in [1.54, 1.807) is 0 Å². The molecule has 0 bridgehead atoms. The van der Waals surface area contributed by atoms with Gasteiger partial charge in [0.2, 0.25) is 0 Å². The molecule has 2 aliphatic heterocycles. The average molecular weight is 267 g/mol. The van der Waals surface area contributed by atoms with Crippen LogP contribution in [-0.2, 0) is 0 Å². The molecular formula is C17H21N3. The molecular weight excluding hydrogens is 246 g/mol. The summed E-state index contributed by atoms with van der Waals surface area (Å²) in [6.07, 6.45) is 3.95. The Morgan fingerprint density at radius 1 is 0.750 bits per heavy atom. The minimum Gasteiger partial charge on any atom is -0.265 e. The van der Waals surface area contributed by atoms with Crippen LogP contribution in [-0.4, -0.2) is 17.1 Å². The van der Waals surface area contributed by atoms with Crippen molar-refractivity contribution < 1.29 is 0 Å². The zero-order valence-corrected chi connectivity index (χ0v) is 12.6. The molecule has 3 nitrogen and oxygen atoms in total. The molecule has 0 spiro atoms. The van der Waals surface area contributed by atoms with Gasteiger partial charge in [0.05, 0.1) is 0 Å². The maximum atomic E-state index is 4.27. The Kier molecular flexibility index (Phi) is 4.61. The fraction of sp³-hybridized carbons (Fsp3) is 0.353. The Bertz CT molecular complexity index is 586. The Morgan fingerprint density at radius 2 is 1.35 bits per heavy atom. The third-order valence-corrected chi connectivity index (χ3v) is 3.21. The van der Waals surface area contributed by atoms with E-state index in [4.69, 9.17) is 0 Å². The van der Waals surface area contributed by atoms with Crippen molar-refractivity contribution in [3.8, 4) is 0 Å². The summed E-state index contributed by atoms with van der Waals surface area (Å²) in [5.74, 6) is 0. The first kappa shape index (κ1) is 14.4. The van der Waals surface area contributed by atoms with Gasteiger partial charge in [-0.2, -0.15) is 10.2 Å². The summed E-state index contributed by atoms with van der Waals surface area (Å²) in [7, 11) is 0. The van der Waals surface area contributed by atoms with Crippen molar-refractivity contribution in [2.24, 2.45) is 15.2 Å². The summed E-state index contributed by atoms with van der Waals surface area (Å²) in [4.78, 5) is 4.27. The monoisotopic (exact) mass is 267 g/mol. The predicted molar refractivity (Wildman–Crippen MR) is 87.7 cm³/mol. The first-order valence-electron chi connectivity index (χ1n) is 6.90. The minimum atomic E-state index is 0.972. The summed E-state index contributed by atoms with van der Waals surface area (Å²) in [5.41, 5.74) is 7.38. The Hall–Kier alpha value is -2.03. The smallest absolute Gasteiger partial charge is 0.0431 e. The van der Waals surface area contributed by atoms with Crippen LogP contribution in [0.25, 0.3) is 5.57 Å². The molecule has 3 rings (SSSR count). The standard InChI is InChI=1S/C12H13N.C5H8N2/c1-9-3-5-11(6-4-9)12-7-10(2)13-8-12;1-4-3-5(2)7-6-4/h3-6,8H,7H2,1-2H3;3H2,1-2H3. The molecule has 2 aliphatic rings. The van der Waals surface area contributed by atoms with Gasteiger partial charge in [0.15, 0.2) is 0 Å². The van der Waals surface area contributed by atoms with Crippen LogP contribution in [0.15, 0.2) is 45.7 Å². The van der Waals surface area contributed by atoms with Crippen molar-refractivity contribution in [2.75, 3.05) is 0 Å². The highest BCUT2D eigenvalue weighted by atomic mass is 15.2. The molecule has 0 unspecified atom stereocenters. The quantitative estimate of drug-likeness (QED) is 0.722. The number of allylic oxidation sites excluding steroid dienone is 1. The number of benzene rings is 1. The third-order valence-electron chi connectivity index (χ3n) is 3.21. The summed E-state index contributed by atoms with van der Waals surface area (Å²) in [5, 5.41) is 7.64. The van der Waals surface area contributed by atoms with Crippen molar-refractivity contribution >= 4 is 22.7 Å². The summed E-state index contributed by atoms with van der Waals surface area (Å²) in [6, 6.07) is 8.61.